The summed E-state index contributed by atoms with van der Waals surface area (Å²) in [6.07, 6.45) is 9.77. The van der Waals surface area contributed by atoms with Gasteiger partial charge in [0.05, 0.1) is 17.9 Å². The first-order chi connectivity index (χ1) is 13.3. The minimum Gasteiger partial charge on any atom is -0.490 e. The molecule has 1 amide bonds. The van der Waals surface area contributed by atoms with Gasteiger partial charge in [-0.3, -0.25) is 4.79 Å². The Kier molecular flexibility index (Phi) is 5.91. The minimum absolute atomic E-state index is 0.0644. The number of ether oxygens (including phenoxy) is 1. The maximum absolute atomic E-state index is 12.3. The van der Waals surface area contributed by atoms with E-state index in [-0.39, 0.29) is 11.7 Å². The SMILES string of the molecule is O=C(CSc1nnnn1C1CCCC1)Nc1ccc(OC2CCCC2)cc1. The quantitative estimate of drug-likeness (QED) is 0.727. The van der Waals surface area contributed by atoms with Crippen molar-refractivity contribution in [1.29, 1.82) is 0 Å². The molecule has 1 heterocycles. The molecule has 144 valence electrons. The Bertz CT molecular complexity index is 752. The first kappa shape index (κ1) is 18.3. The number of thioether (sulfide) groups is 1. The minimum atomic E-state index is -0.0644. The van der Waals surface area contributed by atoms with Gasteiger partial charge in [0.25, 0.3) is 0 Å². The summed E-state index contributed by atoms with van der Waals surface area (Å²) in [5, 5.41) is 15.6. The van der Waals surface area contributed by atoms with Crippen molar-refractivity contribution >= 4 is 23.4 Å². The van der Waals surface area contributed by atoms with Crippen LogP contribution < -0.4 is 10.1 Å². The standard InChI is InChI=1S/C19H25N5O2S/c25-18(13-27-19-21-22-23-24(19)15-5-1-2-6-15)20-14-9-11-17(12-10-14)26-16-7-3-4-8-16/h9-12,15-16H,1-8,13H2,(H,20,25). The molecule has 2 fully saturated rings. The van der Waals surface area contributed by atoms with E-state index in [1.54, 1.807) is 0 Å². The molecule has 0 bridgehead atoms. The Hall–Kier alpha value is -2.09. The third kappa shape index (κ3) is 4.80. The topological polar surface area (TPSA) is 81.9 Å². The normalized spacial score (nSPS) is 18.1. The van der Waals surface area contributed by atoms with Gasteiger partial charge in [-0.2, -0.15) is 0 Å². The highest BCUT2D eigenvalue weighted by Gasteiger charge is 2.22. The predicted octanol–water partition coefficient (Wildman–Crippen LogP) is 3.84. The summed E-state index contributed by atoms with van der Waals surface area (Å²) in [5.74, 6) is 1.09. The number of aromatic nitrogens is 4. The third-order valence-electron chi connectivity index (χ3n) is 5.21. The van der Waals surface area contributed by atoms with E-state index < -0.39 is 0 Å². The molecule has 2 saturated carbocycles. The molecule has 1 N–H and O–H groups in total. The van der Waals surface area contributed by atoms with Crippen LogP contribution in [0, 0.1) is 0 Å². The van der Waals surface area contributed by atoms with E-state index in [0.29, 0.717) is 12.1 Å². The van der Waals surface area contributed by atoms with E-state index in [9.17, 15) is 4.79 Å². The van der Waals surface area contributed by atoms with Crippen molar-refractivity contribution in [3.05, 3.63) is 24.3 Å². The molecule has 1 aromatic carbocycles. The lowest BCUT2D eigenvalue weighted by Crippen LogP contribution is -2.15. The van der Waals surface area contributed by atoms with Crippen LogP contribution in [0.15, 0.2) is 29.4 Å². The van der Waals surface area contributed by atoms with Gasteiger partial charge < -0.3 is 10.1 Å². The zero-order valence-electron chi connectivity index (χ0n) is 15.3. The molecule has 2 aliphatic rings. The van der Waals surface area contributed by atoms with E-state index in [2.05, 4.69) is 20.8 Å². The summed E-state index contributed by atoms with van der Waals surface area (Å²) < 4.78 is 7.83. The van der Waals surface area contributed by atoms with Crippen molar-refractivity contribution in [2.45, 2.75) is 68.7 Å². The number of benzene rings is 1. The van der Waals surface area contributed by atoms with Gasteiger partial charge in [0.15, 0.2) is 0 Å². The van der Waals surface area contributed by atoms with Crippen molar-refractivity contribution < 1.29 is 9.53 Å². The monoisotopic (exact) mass is 387 g/mol. The highest BCUT2D eigenvalue weighted by Crippen LogP contribution is 2.31. The fraction of sp³-hybridized carbons (Fsp3) is 0.579. The number of nitrogens with zero attached hydrogens (tertiary/aromatic N) is 4. The fourth-order valence-corrected chi connectivity index (χ4v) is 4.55. The lowest BCUT2D eigenvalue weighted by molar-refractivity contribution is -0.113. The first-order valence-electron chi connectivity index (χ1n) is 9.75. The summed E-state index contributed by atoms with van der Waals surface area (Å²) in [5.41, 5.74) is 0.773. The first-order valence-corrected chi connectivity index (χ1v) is 10.7. The van der Waals surface area contributed by atoms with Gasteiger partial charge in [-0.25, -0.2) is 4.68 Å². The van der Waals surface area contributed by atoms with Crippen molar-refractivity contribution in [1.82, 2.24) is 20.2 Å². The molecule has 7 nitrogen and oxygen atoms in total. The number of rotatable bonds is 7. The average molecular weight is 388 g/mol. The molecule has 0 atom stereocenters. The molecular weight excluding hydrogens is 362 g/mol. The lowest BCUT2D eigenvalue weighted by Gasteiger charge is -2.13. The van der Waals surface area contributed by atoms with Gasteiger partial charge in [0.1, 0.15) is 5.75 Å². The molecular formula is C19H25N5O2S. The van der Waals surface area contributed by atoms with Crippen LogP contribution in [-0.2, 0) is 4.79 Å². The van der Waals surface area contributed by atoms with Crippen LogP contribution >= 0.6 is 11.8 Å². The molecule has 8 heteroatoms. The molecule has 2 aliphatic carbocycles. The summed E-state index contributed by atoms with van der Waals surface area (Å²) in [7, 11) is 0. The molecule has 0 unspecified atom stereocenters. The Morgan fingerprint density at radius 2 is 1.81 bits per heavy atom. The van der Waals surface area contributed by atoms with E-state index in [1.165, 1.54) is 37.4 Å². The van der Waals surface area contributed by atoms with Crippen LogP contribution in [0.25, 0.3) is 0 Å². The highest BCUT2D eigenvalue weighted by molar-refractivity contribution is 7.99. The smallest absolute Gasteiger partial charge is 0.234 e. The van der Waals surface area contributed by atoms with Crippen molar-refractivity contribution in [2.24, 2.45) is 0 Å². The highest BCUT2D eigenvalue weighted by atomic mass is 32.2. The fourth-order valence-electron chi connectivity index (χ4n) is 3.80. The largest absolute Gasteiger partial charge is 0.490 e. The van der Waals surface area contributed by atoms with Gasteiger partial charge in [0.2, 0.25) is 11.1 Å². The van der Waals surface area contributed by atoms with E-state index >= 15 is 0 Å². The maximum atomic E-state index is 12.3. The molecule has 0 radical (unpaired) electrons. The molecule has 0 saturated heterocycles. The number of amides is 1. The number of hydrogen-bond donors (Lipinski definition) is 1. The lowest BCUT2D eigenvalue weighted by atomic mass is 10.2. The Morgan fingerprint density at radius 1 is 1.11 bits per heavy atom. The molecule has 27 heavy (non-hydrogen) atoms. The van der Waals surface area contributed by atoms with Crippen LogP contribution in [0.5, 0.6) is 5.75 Å². The average Bonchev–Trinajstić information content (AvgIpc) is 3.43. The number of nitrogens with one attached hydrogen (secondary N) is 1. The third-order valence-corrected chi connectivity index (χ3v) is 6.14. The molecule has 2 aromatic rings. The zero-order valence-corrected chi connectivity index (χ0v) is 16.2. The van der Waals surface area contributed by atoms with Crippen molar-refractivity contribution in [2.75, 3.05) is 11.1 Å². The van der Waals surface area contributed by atoms with Gasteiger partial charge in [-0.15, -0.1) is 5.10 Å². The molecule has 0 aliphatic heterocycles. The van der Waals surface area contributed by atoms with Crippen LogP contribution in [0.1, 0.15) is 57.4 Å². The van der Waals surface area contributed by atoms with Crippen molar-refractivity contribution in [3.8, 4) is 5.75 Å². The molecule has 1 aromatic heterocycles. The Morgan fingerprint density at radius 3 is 2.56 bits per heavy atom. The van der Waals surface area contributed by atoms with Gasteiger partial charge in [0, 0.05) is 5.69 Å². The number of hydrogen-bond acceptors (Lipinski definition) is 6. The van der Waals surface area contributed by atoms with Crippen LogP contribution in [-0.4, -0.2) is 38.0 Å². The Balaban J connectivity index is 1.26. The molecule has 0 spiro atoms. The number of tetrazole rings is 1. The van der Waals surface area contributed by atoms with Crippen LogP contribution in [0.3, 0.4) is 0 Å². The van der Waals surface area contributed by atoms with Crippen LogP contribution in [0.2, 0.25) is 0 Å². The second kappa shape index (κ2) is 8.73. The summed E-state index contributed by atoms with van der Waals surface area (Å²) in [6.45, 7) is 0. The summed E-state index contributed by atoms with van der Waals surface area (Å²) in [6, 6.07) is 7.98. The van der Waals surface area contributed by atoms with Crippen molar-refractivity contribution in [3.63, 3.8) is 0 Å². The molecule has 4 rings (SSSR count). The van der Waals surface area contributed by atoms with E-state index in [1.807, 2.05) is 28.9 Å². The number of anilines is 1. The second-order valence-electron chi connectivity index (χ2n) is 7.23. The van der Waals surface area contributed by atoms with E-state index in [0.717, 1.165) is 42.3 Å². The zero-order chi connectivity index (χ0) is 18.5. The summed E-state index contributed by atoms with van der Waals surface area (Å²) in [4.78, 5) is 12.3. The second-order valence-corrected chi connectivity index (χ2v) is 8.17. The summed E-state index contributed by atoms with van der Waals surface area (Å²) >= 11 is 1.38. The van der Waals surface area contributed by atoms with Gasteiger partial charge in [-0.05, 0) is 73.2 Å². The number of carbonyl (C=O) groups excluding carboxylic acids is 1. The Labute approximate surface area is 163 Å². The predicted molar refractivity (Wildman–Crippen MR) is 104 cm³/mol. The van der Waals surface area contributed by atoms with Crippen LogP contribution in [0.4, 0.5) is 5.69 Å². The number of carbonyl (C=O) groups is 1. The van der Waals surface area contributed by atoms with Gasteiger partial charge >= 0.3 is 0 Å². The maximum Gasteiger partial charge on any atom is 0.234 e. The van der Waals surface area contributed by atoms with Gasteiger partial charge in [-0.1, -0.05) is 24.6 Å². The van der Waals surface area contributed by atoms with E-state index in [4.69, 9.17) is 4.74 Å².